The first-order valence-electron chi connectivity index (χ1n) is 6.73. The van der Waals surface area contributed by atoms with E-state index >= 15 is 0 Å². The molecule has 2 rings (SSSR count). The van der Waals surface area contributed by atoms with E-state index in [0.717, 1.165) is 5.56 Å². The lowest BCUT2D eigenvalue weighted by Gasteiger charge is -2.07. The van der Waals surface area contributed by atoms with Gasteiger partial charge in [0.25, 0.3) is 0 Å². The summed E-state index contributed by atoms with van der Waals surface area (Å²) in [5, 5.41) is 2.82. The average molecular weight is 287 g/mol. The van der Waals surface area contributed by atoms with Crippen LogP contribution in [0.4, 0.5) is 4.39 Å². The molecule has 0 fully saturated rings. The first-order valence-corrected chi connectivity index (χ1v) is 6.73. The Morgan fingerprint density at radius 1 is 1.14 bits per heavy atom. The monoisotopic (exact) mass is 287 g/mol. The lowest BCUT2D eigenvalue weighted by molar-refractivity contribution is -0.120. The highest BCUT2D eigenvalue weighted by Gasteiger charge is 2.07. The summed E-state index contributed by atoms with van der Waals surface area (Å²) in [5.74, 6) is -0.416. The maximum absolute atomic E-state index is 13.5. The third-order valence-electron chi connectivity index (χ3n) is 3.19. The summed E-state index contributed by atoms with van der Waals surface area (Å²) in [4.78, 5) is 11.9. The van der Waals surface area contributed by atoms with Gasteiger partial charge in [0.1, 0.15) is 0 Å². The van der Waals surface area contributed by atoms with Gasteiger partial charge in [0.2, 0.25) is 5.91 Å². The number of nitrogens with one attached hydrogen (secondary N) is 1. The summed E-state index contributed by atoms with van der Waals surface area (Å²) in [5.41, 5.74) is 2.84. The lowest BCUT2D eigenvalue weighted by atomic mass is 10.1. The molecule has 0 aliphatic rings. The van der Waals surface area contributed by atoms with E-state index in [4.69, 9.17) is 4.74 Å². The third kappa shape index (κ3) is 4.31. The summed E-state index contributed by atoms with van der Waals surface area (Å²) in [6.45, 7) is 2.48. The molecule has 0 saturated heterocycles. The fraction of sp³-hybridized carbons (Fsp3) is 0.235. The summed E-state index contributed by atoms with van der Waals surface area (Å²) >= 11 is 0. The van der Waals surface area contributed by atoms with Crippen LogP contribution in [-0.4, -0.2) is 13.0 Å². The molecular weight excluding hydrogens is 269 g/mol. The first-order chi connectivity index (χ1) is 10.1. The predicted molar refractivity (Wildman–Crippen MR) is 79.7 cm³/mol. The van der Waals surface area contributed by atoms with Crippen LogP contribution in [0.2, 0.25) is 0 Å². The molecule has 1 N–H and O–H groups in total. The summed E-state index contributed by atoms with van der Waals surface area (Å²) in [7, 11) is 1.41. The fourth-order valence-electron chi connectivity index (χ4n) is 1.97. The highest BCUT2D eigenvalue weighted by atomic mass is 19.1. The number of rotatable bonds is 5. The number of amides is 1. The van der Waals surface area contributed by atoms with Gasteiger partial charge < -0.3 is 10.1 Å². The van der Waals surface area contributed by atoms with E-state index in [0.29, 0.717) is 12.1 Å². The Labute approximate surface area is 123 Å². The number of carbonyl (C=O) groups is 1. The molecule has 110 valence electrons. The molecule has 0 spiro atoms. The summed E-state index contributed by atoms with van der Waals surface area (Å²) < 4.78 is 18.4. The minimum absolute atomic E-state index is 0.139. The quantitative estimate of drug-likeness (QED) is 0.918. The SMILES string of the molecule is COc1ccc(CC(=O)NCc2ccc(C)cc2)cc1F. The Morgan fingerprint density at radius 3 is 2.43 bits per heavy atom. The van der Waals surface area contributed by atoms with Crippen molar-refractivity contribution in [2.75, 3.05) is 7.11 Å². The smallest absolute Gasteiger partial charge is 0.224 e. The molecule has 0 saturated carbocycles. The molecule has 0 radical (unpaired) electrons. The van der Waals surface area contributed by atoms with Gasteiger partial charge in [-0.15, -0.1) is 0 Å². The van der Waals surface area contributed by atoms with Gasteiger partial charge in [-0.1, -0.05) is 35.9 Å². The average Bonchev–Trinajstić information content (AvgIpc) is 2.47. The van der Waals surface area contributed by atoms with Gasteiger partial charge in [-0.05, 0) is 30.2 Å². The van der Waals surface area contributed by atoms with E-state index in [-0.39, 0.29) is 18.1 Å². The zero-order valence-corrected chi connectivity index (χ0v) is 12.2. The molecule has 0 heterocycles. The molecule has 0 aromatic heterocycles. The Kier molecular flexibility index (Phi) is 4.93. The summed E-state index contributed by atoms with van der Waals surface area (Å²) in [6.07, 6.45) is 0.146. The molecule has 0 aliphatic heterocycles. The van der Waals surface area contributed by atoms with E-state index in [9.17, 15) is 9.18 Å². The van der Waals surface area contributed by atoms with Gasteiger partial charge >= 0.3 is 0 Å². The van der Waals surface area contributed by atoms with Crippen molar-refractivity contribution >= 4 is 5.91 Å². The van der Waals surface area contributed by atoms with Crippen molar-refractivity contribution in [1.82, 2.24) is 5.32 Å². The van der Waals surface area contributed by atoms with E-state index in [1.54, 1.807) is 6.07 Å². The number of methoxy groups -OCH3 is 1. The van der Waals surface area contributed by atoms with E-state index in [1.807, 2.05) is 31.2 Å². The predicted octanol–water partition coefficient (Wildman–Crippen LogP) is 3.00. The van der Waals surface area contributed by atoms with Gasteiger partial charge in [0.15, 0.2) is 11.6 Å². The molecule has 3 nitrogen and oxygen atoms in total. The Bertz CT molecular complexity index is 623. The molecular formula is C17H18FNO2. The number of hydrogen-bond acceptors (Lipinski definition) is 2. The topological polar surface area (TPSA) is 38.3 Å². The second kappa shape index (κ2) is 6.88. The van der Waals surface area contributed by atoms with Crippen molar-refractivity contribution in [2.24, 2.45) is 0 Å². The largest absolute Gasteiger partial charge is 0.494 e. The van der Waals surface area contributed by atoms with Crippen LogP contribution in [0.1, 0.15) is 16.7 Å². The van der Waals surface area contributed by atoms with Crippen LogP contribution >= 0.6 is 0 Å². The minimum atomic E-state index is -0.457. The van der Waals surface area contributed by atoms with Crippen molar-refractivity contribution < 1.29 is 13.9 Å². The van der Waals surface area contributed by atoms with E-state index in [2.05, 4.69) is 5.32 Å². The summed E-state index contributed by atoms with van der Waals surface area (Å²) in [6, 6.07) is 12.5. The number of ether oxygens (including phenoxy) is 1. The maximum Gasteiger partial charge on any atom is 0.224 e. The van der Waals surface area contributed by atoms with Crippen molar-refractivity contribution in [3.8, 4) is 5.75 Å². The van der Waals surface area contributed by atoms with Crippen molar-refractivity contribution in [2.45, 2.75) is 19.9 Å². The number of aryl methyl sites for hydroxylation is 1. The van der Waals surface area contributed by atoms with Gasteiger partial charge in [0, 0.05) is 6.54 Å². The molecule has 2 aromatic carbocycles. The highest BCUT2D eigenvalue weighted by molar-refractivity contribution is 5.78. The molecule has 21 heavy (non-hydrogen) atoms. The van der Waals surface area contributed by atoms with E-state index in [1.165, 1.54) is 24.8 Å². The van der Waals surface area contributed by atoms with Crippen LogP contribution in [0, 0.1) is 12.7 Å². The van der Waals surface area contributed by atoms with Crippen LogP contribution < -0.4 is 10.1 Å². The first kappa shape index (κ1) is 15.0. The number of halogens is 1. The number of hydrogen-bond donors (Lipinski definition) is 1. The minimum Gasteiger partial charge on any atom is -0.494 e. The van der Waals surface area contributed by atoms with Crippen LogP contribution in [-0.2, 0) is 17.8 Å². The zero-order chi connectivity index (χ0) is 15.2. The standard InChI is InChI=1S/C17H18FNO2/c1-12-3-5-13(6-4-12)11-19-17(20)10-14-7-8-16(21-2)15(18)9-14/h3-9H,10-11H2,1-2H3,(H,19,20). The van der Waals surface area contributed by atoms with Crippen molar-refractivity contribution in [1.29, 1.82) is 0 Å². The van der Waals surface area contributed by atoms with Crippen molar-refractivity contribution in [3.63, 3.8) is 0 Å². The fourth-order valence-corrected chi connectivity index (χ4v) is 1.97. The van der Waals surface area contributed by atoms with Gasteiger partial charge in [-0.2, -0.15) is 0 Å². The second-order valence-corrected chi connectivity index (χ2v) is 4.91. The Morgan fingerprint density at radius 2 is 1.81 bits per heavy atom. The van der Waals surface area contributed by atoms with Crippen LogP contribution in [0.5, 0.6) is 5.75 Å². The number of carbonyl (C=O) groups excluding carboxylic acids is 1. The molecule has 0 unspecified atom stereocenters. The third-order valence-corrected chi connectivity index (χ3v) is 3.19. The van der Waals surface area contributed by atoms with Gasteiger partial charge in [-0.3, -0.25) is 4.79 Å². The van der Waals surface area contributed by atoms with Crippen molar-refractivity contribution in [3.05, 3.63) is 65.0 Å². The molecule has 0 bridgehead atoms. The van der Waals surface area contributed by atoms with E-state index < -0.39 is 5.82 Å². The van der Waals surface area contributed by atoms with Crippen LogP contribution in [0.3, 0.4) is 0 Å². The second-order valence-electron chi connectivity index (χ2n) is 4.91. The lowest BCUT2D eigenvalue weighted by Crippen LogP contribution is -2.24. The highest BCUT2D eigenvalue weighted by Crippen LogP contribution is 2.17. The molecule has 0 aliphatic carbocycles. The maximum atomic E-state index is 13.5. The molecule has 0 atom stereocenters. The Hall–Kier alpha value is -2.36. The van der Waals surface area contributed by atoms with Gasteiger partial charge in [-0.25, -0.2) is 4.39 Å². The van der Waals surface area contributed by atoms with Gasteiger partial charge in [0.05, 0.1) is 13.5 Å². The van der Waals surface area contributed by atoms with Crippen LogP contribution in [0.15, 0.2) is 42.5 Å². The molecule has 1 amide bonds. The molecule has 4 heteroatoms. The molecule has 2 aromatic rings. The normalized spacial score (nSPS) is 10.2. The Balaban J connectivity index is 1.89. The zero-order valence-electron chi connectivity index (χ0n) is 12.2. The van der Waals surface area contributed by atoms with Crippen LogP contribution in [0.25, 0.3) is 0 Å². The number of benzene rings is 2.